The number of rotatable bonds is 10. The van der Waals surface area contributed by atoms with E-state index in [1.165, 1.54) is 10.4 Å². The fraction of sp³-hybridized carbons (Fsp3) is 0.133. The van der Waals surface area contributed by atoms with Crippen LogP contribution in [0, 0.1) is 6.92 Å². The van der Waals surface area contributed by atoms with Gasteiger partial charge in [-0.3, -0.25) is 13.9 Å². The number of carbonyl (C=O) groups is 2. The van der Waals surface area contributed by atoms with Gasteiger partial charge in [-0.15, -0.1) is 0 Å². The van der Waals surface area contributed by atoms with Gasteiger partial charge in [-0.05, 0) is 68.4 Å². The van der Waals surface area contributed by atoms with E-state index in [2.05, 4.69) is 5.32 Å². The van der Waals surface area contributed by atoms with Crippen LogP contribution in [0.15, 0.2) is 102 Å². The molecule has 0 spiro atoms. The minimum atomic E-state index is -3.74. The van der Waals surface area contributed by atoms with E-state index >= 15 is 0 Å². The Hall–Kier alpha value is -4.14. The summed E-state index contributed by atoms with van der Waals surface area (Å²) in [4.78, 5) is 25.8. The molecule has 0 aliphatic rings. The summed E-state index contributed by atoms with van der Waals surface area (Å²) in [7, 11) is -3.74. The van der Waals surface area contributed by atoms with Crippen molar-refractivity contribution in [1.82, 2.24) is 0 Å². The Labute approximate surface area is 233 Å². The zero-order valence-corrected chi connectivity index (χ0v) is 23.0. The van der Waals surface area contributed by atoms with Crippen molar-refractivity contribution in [3.05, 3.63) is 119 Å². The number of nitrogens with one attached hydrogen (secondary N) is 1. The first-order valence-corrected chi connectivity index (χ1v) is 14.0. The summed E-state index contributed by atoms with van der Waals surface area (Å²) in [5.41, 5.74) is 2.49. The lowest BCUT2D eigenvalue weighted by molar-refractivity contribution is -0.118. The highest BCUT2D eigenvalue weighted by Crippen LogP contribution is 2.27. The van der Waals surface area contributed by atoms with Gasteiger partial charge in [-0.25, -0.2) is 8.42 Å². The fourth-order valence-electron chi connectivity index (χ4n) is 3.93. The standard InChI is InChI=1S/C30H27ClN2O5S/c1-3-33(39(36,37)26-16-9-21(2)10-17-26)24-12-14-25(15-13-24)38-20-29(34)32-28-18-11-23(31)19-27(28)30(35)22-7-5-4-6-8-22/h4-19H,3,20H2,1-2H3,(H,32,34). The van der Waals surface area contributed by atoms with Crippen LogP contribution in [0.2, 0.25) is 5.02 Å². The molecular weight excluding hydrogens is 536 g/mol. The van der Waals surface area contributed by atoms with Crippen LogP contribution in [0.5, 0.6) is 5.75 Å². The molecule has 0 saturated heterocycles. The Balaban J connectivity index is 1.42. The number of sulfonamides is 1. The number of ketones is 1. The first kappa shape index (κ1) is 27.9. The Morgan fingerprint density at radius 2 is 1.56 bits per heavy atom. The summed E-state index contributed by atoms with van der Waals surface area (Å²) >= 11 is 6.11. The van der Waals surface area contributed by atoms with Gasteiger partial charge in [0.2, 0.25) is 0 Å². The van der Waals surface area contributed by atoms with Crippen LogP contribution in [0.3, 0.4) is 0 Å². The maximum absolute atomic E-state index is 13.1. The number of ether oxygens (including phenoxy) is 1. The second kappa shape index (κ2) is 12.1. The van der Waals surface area contributed by atoms with Gasteiger partial charge in [0.25, 0.3) is 15.9 Å². The Morgan fingerprint density at radius 1 is 0.897 bits per heavy atom. The van der Waals surface area contributed by atoms with Crippen LogP contribution in [0.4, 0.5) is 11.4 Å². The zero-order chi connectivity index (χ0) is 28.0. The van der Waals surface area contributed by atoms with Gasteiger partial charge < -0.3 is 10.1 Å². The van der Waals surface area contributed by atoms with E-state index in [0.29, 0.717) is 27.7 Å². The van der Waals surface area contributed by atoms with Crippen LogP contribution < -0.4 is 14.4 Å². The predicted molar refractivity (Wildman–Crippen MR) is 153 cm³/mol. The van der Waals surface area contributed by atoms with Crippen molar-refractivity contribution in [2.75, 3.05) is 22.8 Å². The SMILES string of the molecule is CCN(c1ccc(OCC(=O)Nc2ccc(Cl)cc2C(=O)c2ccccc2)cc1)S(=O)(=O)c1ccc(C)cc1. The van der Waals surface area contributed by atoms with Gasteiger partial charge in [0.15, 0.2) is 12.4 Å². The fourth-order valence-corrected chi connectivity index (χ4v) is 5.58. The highest BCUT2D eigenvalue weighted by molar-refractivity contribution is 7.92. The summed E-state index contributed by atoms with van der Waals surface area (Å²) < 4.78 is 33.2. The Bertz CT molecular complexity index is 1570. The summed E-state index contributed by atoms with van der Waals surface area (Å²) in [6, 6.07) is 26.5. The van der Waals surface area contributed by atoms with E-state index in [4.69, 9.17) is 16.3 Å². The van der Waals surface area contributed by atoms with Gasteiger partial charge in [0, 0.05) is 22.7 Å². The number of benzene rings is 4. The lowest BCUT2D eigenvalue weighted by Gasteiger charge is -2.23. The third-order valence-electron chi connectivity index (χ3n) is 5.93. The van der Waals surface area contributed by atoms with E-state index in [9.17, 15) is 18.0 Å². The van der Waals surface area contributed by atoms with Crippen molar-refractivity contribution >= 4 is 44.7 Å². The van der Waals surface area contributed by atoms with Crippen LogP contribution in [-0.2, 0) is 14.8 Å². The number of amides is 1. The van der Waals surface area contributed by atoms with E-state index in [1.54, 1.807) is 91.9 Å². The lowest BCUT2D eigenvalue weighted by Crippen LogP contribution is -2.30. The molecule has 0 fully saturated rings. The van der Waals surface area contributed by atoms with Crippen molar-refractivity contribution in [3.63, 3.8) is 0 Å². The number of halogens is 1. The average molecular weight is 563 g/mol. The lowest BCUT2D eigenvalue weighted by atomic mass is 10.0. The van der Waals surface area contributed by atoms with Crippen molar-refractivity contribution in [3.8, 4) is 5.75 Å². The third-order valence-corrected chi connectivity index (χ3v) is 8.08. The first-order chi connectivity index (χ1) is 18.7. The average Bonchev–Trinajstić information content (AvgIpc) is 2.94. The van der Waals surface area contributed by atoms with Gasteiger partial charge >= 0.3 is 0 Å². The molecule has 0 aromatic heterocycles. The second-order valence-corrected chi connectivity index (χ2v) is 11.0. The predicted octanol–water partition coefficient (Wildman–Crippen LogP) is 6.11. The maximum atomic E-state index is 13.1. The second-order valence-electron chi connectivity index (χ2n) is 8.70. The normalized spacial score (nSPS) is 11.1. The third kappa shape index (κ3) is 6.66. The molecule has 0 heterocycles. The zero-order valence-electron chi connectivity index (χ0n) is 21.4. The molecule has 0 atom stereocenters. The van der Waals surface area contributed by atoms with Crippen molar-refractivity contribution in [1.29, 1.82) is 0 Å². The molecule has 9 heteroatoms. The number of carbonyl (C=O) groups excluding carboxylic acids is 2. The van der Waals surface area contributed by atoms with Gasteiger partial charge in [-0.2, -0.15) is 0 Å². The molecule has 0 aliphatic carbocycles. The van der Waals surface area contributed by atoms with E-state index in [1.807, 2.05) is 13.0 Å². The molecule has 1 amide bonds. The molecule has 200 valence electrons. The van der Waals surface area contributed by atoms with Crippen LogP contribution in [0.25, 0.3) is 0 Å². The molecule has 4 aromatic carbocycles. The molecule has 0 radical (unpaired) electrons. The molecule has 4 aromatic rings. The first-order valence-electron chi connectivity index (χ1n) is 12.2. The molecule has 0 bridgehead atoms. The van der Waals surface area contributed by atoms with Crippen LogP contribution in [-0.4, -0.2) is 33.3 Å². The van der Waals surface area contributed by atoms with Gasteiger partial charge in [0.05, 0.1) is 16.3 Å². The van der Waals surface area contributed by atoms with Crippen molar-refractivity contribution in [2.45, 2.75) is 18.7 Å². The highest BCUT2D eigenvalue weighted by Gasteiger charge is 2.23. The van der Waals surface area contributed by atoms with Crippen LogP contribution in [0.1, 0.15) is 28.4 Å². The van der Waals surface area contributed by atoms with E-state index in [-0.39, 0.29) is 29.4 Å². The smallest absolute Gasteiger partial charge is 0.264 e. The van der Waals surface area contributed by atoms with E-state index < -0.39 is 15.9 Å². The summed E-state index contributed by atoms with van der Waals surface area (Å²) in [5, 5.41) is 3.08. The topological polar surface area (TPSA) is 92.8 Å². The molecular formula is C30H27ClN2O5S. The number of hydrogen-bond acceptors (Lipinski definition) is 5. The molecule has 0 aliphatic heterocycles. The monoisotopic (exact) mass is 562 g/mol. The maximum Gasteiger partial charge on any atom is 0.264 e. The highest BCUT2D eigenvalue weighted by atomic mass is 35.5. The number of anilines is 2. The molecule has 0 unspecified atom stereocenters. The van der Waals surface area contributed by atoms with E-state index in [0.717, 1.165) is 5.56 Å². The van der Waals surface area contributed by atoms with Crippen molar-refractivity contribution < 1.29 is 22.7 Å². The van der Waals surface area contributed by atoms with Crippen molar-refractivity contribution in [2.24, 2.45) is 0 Å². The molecule has 39 heavy (non-hydrogen) atoms. The minimum Gasteiger partial charge on any atom is -0.484 e. The van der Waals surface area contributed by atoms with Gasteiger partial charge in [-0.1, -0.05) is 59.6 Å². The molecule has 0 saturated carbocycles. The number of aryl methyl sites for hydroxylation is 1. The summed E-state index contributed by atoms with van der Waals surface area (Å²) in [5.74, 6) is -0.360. The van der Waals surface area contributed by atoms with Crippen LogP contribution >= 0.6 is 11.6 Å². The molecule has 1 N–H and O–H groups in total. The summed E-state index contributed by atoms with van der Waals surface area (Å²) in [6.07, 6.45) is 0. The molecule has 7 nitrogen and oxygen atoms in total. The Morgan fingerprint density at radius 3 is 2.21 bits per heavy atom. The number of nitrogens with zero attached hydrogens (tertiary/aromatic N) is 1. The number of hydrogen-bond donors (Lipinski definition) is 1. The van der Waals surface area contributed by atoms with Gasteiger partial charge in [0.1, 0.15) is 5.75 Å². The summed E-state index contributed by atoms with van der Waals surface area (Å²) in [6.45, 7) is 3.57. The quantitative estimate of drug-likeness (QED) is 0.235. The molecule has 4 rings (SSSR count). The minimum absolute atomic E-state index is 0.208. The largest absolute Gasteiger partial charge is 0.484 e. The Kier molecular flexibility index (Phi) is 8.69.